The fraction of sp³-hybridized carbons (Fsp3) is 0.524. The van der Waals surface area contributed by atoms with Crippen molar-refractivity contribution in [3.8, 4) is 11.5 Å². The molecule has 0 radical (unpaired) electrons. The van der Waals surface area contributed by atoms with Gasteiger partial charge < -0.3 is 18.9 Å². The lowest BCUT2D eigenvalue weighted by atomic mass is 9.95. The molecule has 0 aliphatic carbocycles. The Morgan fingerprint density at radius 2 is 0.891 bits per heavy atom. The van der Waals surface area contributed by atoms with Crippen LogP contribution in [0.3, 0.4) is 0 Å². The minimum absolute atomic E-state index is 0.532. The maximum absolute atomic E-state index is 6.20. The summed E-state index contributed by atoms with van der Waals surface area (Å²) in [6, 6.07) is 26.7. The highest BCUT2D eigenvalue weighted by Gasteiger charge is 2.25. The van der Waals surface area contributed by atoms with E-state index in [0.717, 1.165) is 62.6 Å². The smallest absolute Gasteiger partial charge is 0.119 e. The molecule has 6 rings (SSSR count). The van der Waals surface area contributed by atoms with Crippen LogP contribution in [0.15, 0.2) is 72.8 Å². The van der Waals surface area contributed by atoms with E-state index in [0.29, 0.717) is 24.0 Å². The van der Waals surface area contributed by atoms with Crippen molar-refractivity contribution < 1.29 is 18.9 Å². The van der Waals surface area contributed by atoms with E-state index in [1.165, 1.54) is 71.2 Å². The average molecular weight is 623 g/mol. The summed E-state index contributed by atoms with van der Waals surface area (Å²) in [4.78, 5) is 0. The maximum Gasteiger partial charge on any atom is 0.119 e. The predicted octanol–water partition coefficient (Wildman–Crippen LogP) is 10.2. The van der Waals surface area contributed by atoms with Gasteiger partial charge in [0.25, 0.3) is 0 Å². The summed E-state index contributed by atoms with van der Waals surface area (Å²) in [7, 11) is 0. The van der Waals surface area contributed by atoms with Crippen LogP contribution in [0, 0.1) is 23.7 Å². The molecule has 0 saturated carbocycles. The van der Waals surface area contributed by atoms with E-state index in [1.54, 1.807) is 0 Å². The van der Waals surface area contributed by atoms with E-state index in [1.807, 2.05) is 0 Å². The summed E-state index contributed by atoms with van der Waals surface area (Å²) in [6.07, 6.45) is 10.4. The van der Waals surface area contributed by atoms with Crippen LogP contribution in [0.4, 0.5) is 0 Å². The van der Waals surface area contributed by atoms with Crippen molar-refractivity contribution in [2.75, 3.05) is 26.4 Å². The van der Waals surface area contributed by atoms with Gasteiger partial charge in [0.2, 0.25) is 0 Å². The SMILES string of the molecule is CC(CCC(C)CC1CO1)COc1ccc2cc(CCc3ccc4cc(OCC(C)CCC(C)CC5CO5)ccc4c3)ccc2c1. The van der Waals surface area contributed by atoms with Crippen molar-refractivity contribution in [3.63, 3.8) is 0 Å². The first-order valence-corrected chi connectivity index (χ1v) is 17.9. The Hall–Kier alpha value is -3.08. The van der Waals surface area contributed by atoms with Gasteiger partial charge in [0, 0.05) is 0 Å². The van der Waals surface area contributed by atoms with E-state index in [4.69, 9.17) is 18.9 Å². The third-order valence-corrected chi connectivity index (χ3v) is 9.96. The molecular weight excluding hydrogens is 568 g/mol. The van der Waals surface area contributed by atoms with Gasteiger partial charge in [-0.2, -0.15) is 0 Å². The molecule has 2 fully saturated rings. The van der Waals surface area contributed by atoms with E-state index >= 15 is 0 Å². The monoisotopic (exact) mass is 622 g/mol. The van der Waals surface area contributed by atoms with Crippen molar-refractivity contribution in [1.82, 2.24) is 0 Å². The van der Waals surface area contributed by atoms with E-state index in [2.05, 4.69) is 100 Å². The van der Waals surface area contributed by atoms with Crippen LogP contribution in [0.25, 0.3) is 21.5 Å². The third kappa shape index (κ3) is 10.2. The zero-order chi connectivity index (χ0) is 31.9. The molecule has 4 heteroatoms. The second-order valence-electron chi connectivity index (χ2n) is 14.8. The van der Waals surface area contributed by atoms with Gasteiger partial charge in [0.05, 0.1) is 38.6 Å². The molecule has 2 saturated heterocycles. The lowest BCUT2D eigenvalue weighted by Crippen LogP contribution is -2.10. The lowest BCUT2D eigenvalue weighted by molar-refractivity contribution is 0.240. The Kier molecular flexibility index (Phi) is 11.2. The minimum atomic E-state index is 0.532. The standard InChI is InChI=1S/C42H54O4/c1-29(19-41-27-45-41)5-7-31(3)25-43-39-17-15-35-21-33(11-13-37(35)23-39)9-10-34-12-14-38-24-40(18-16-36(38)22-34)44-26-32(4)8-6-30(2)20-42-28-46-42/h11-18,21-24,29-32,41-42H,5-10,19-20,25-28H2,1-4H3. The minimum Gasteiger partial charge on any atom is -0.493 e. The van der Waals surface area contributed by atoms with Crippen molar-refractivity contribution in [2.24, 2.45) is 23.7 Å². The number of aryl methyl sites for hydroxylation is 2. The number of benzene rings is 4. The molecule has 2 aliphatic rings. The van der Waals surface area contributed by atoms with Crippen LogP contribution in [0.5, 0.6) is 11.5 Å². The van der Waals surface area contributed by atoms with Gasteiger partial charge in [-0.25, -0.2) is 0 Å². The Balaban J connectivity index is 0.945. The molecule has 0 amide bonds. The van der Waals surface area contributed by atoms with Gasteiger partial charge >= 0.3 is 0 Å². The fourth-order valence-corrected chi connectivity index (χ4v) is 6.65. The zero-order valence-corrected chi connectivity index (χ0v) is 28.5. The molecular formula is C42H54O4. The van der Waals surface area contributed by atoms with Crippen LogP contribution in [0.2, 0.25) is 0 Å². The first kappa shape index (κ1) is 32.8. The van der Waals surface area contributed by atoms with Crippen LogP contribution in [-0.4, -0.2) is 38.6 Å². The van der Waals surface area contributed by atoms with Crippen LogP contribution < -0.4 is 9.47 Å². The molecule has 4 aromatic carbocycles. The van der Waals surface area contributed by atoms with Crippen molar-refractivity contribution in [2.45, 2.75) is 91.3 Å². The molecule has 6 atom stereocenters. The number of hydrogen-bond acceptors (Lipinski definition) is 4. The highest BCUT2D eigenvalue weighted by molar-refractivity contribution is 5.85. The van der Waals surface area contributed by atoms with Gasteiger partial charge in [-0.05, 0) is 119 Å². The van der Waals surface area contributed by atoms with Gasteiger partial charge in [-0.1, -0.05) is 89.1 Å². The fourth-order valence-electron chi connectivity index (χ4n) is 6.65. The van der Waals surface area contributed by atoms with Gasteiger partial charge in [0.1, 0.15) is 11.5 Å². The van der Waals surface area contributed by atoms with Gasteiger partial charge in [0.15, 0.2) is 0 Å². The van der Waals surface area contributed by atoms with Gasteiger partial charge in [-0.15, -0.1) is 0 Å². The average Bonchev–Trinajstić information content (AvgIpc) is 4.01. The largest absolute Gasteiger partial charge is 0.493 e. The normalized spacial score (nSPS) is 19.9. The molecule has 0 bridgehead atoms. The first-order chi connectivity index (χ1) is 22.4. The van der Waals surface area contributed by atoms with E-state index in [9.17, 15) is 0 Å². The molecule has 46 heavy (non-hydrogen) atoms. The van der Waals surface area contributed by atoms with Crippen LogP contribution >= 0.6 is 0 Å². The molecule has 2 heterocycles. The molecule has 0 spiro atoms. The summed E-state index contributed by atoms with van der Waals surface area (Å²) in [5.74, 6) is 4.50. The van der Waals surface area contributed by atoms with Crippen LogP contribution in [-0.2, 0) is 22.3 Å². The molecule has 4 nitrogen and oxygen atoms in total. The molecule has 4 aromatic rings. The van der Waals surface area contributed by atoms with Gasteiger partial charge in [-0.3, -0.25) is 0 Å². The molecule has 246 valence electrons. The first-order valence-electron chi connectivity index (χ1n) is 17.9. The molecule has 0 aromatic heterocycles. The van der Waals surface area contributed by atoms with Crippen molar-refractivity contribution in [3.05, 3.63) is 83.9 Å². The summed E-state index contributed by atoms with van der Waals surface area (Å²) in [6.45, 7) is 12.8. The number of ether oxygens (including phenoxy) is 4. The third-order valence-electron chi connectivity index (χ3n) is 9.96. The molecule has 0 N–H and O–H groups in total. The van der Waals surface area contributed by atoms with E-state index in [-0.39, 0.29) is 0 Å². The second-order valence-corrected chi connectivity index (χ2v) is 14.8. The number of hydrogen-bond donors (Lipinski definition) is 0. The summed E-state index contributed by atoms with van der Waals surface area (Å²) >= 11 is 0. The molecule has 6 unspecified atom stereocenters. The van der Waals surface area contributed by atoms with Crippen molar-refractivity contribution >= 4 is 21.5 Å². The Labute approximate surface area is 276 Å². The summed E-state index contributed by atoms with van der Waals surface area (Å²) < 4.78 is 23.2. The summed E-state index contributed by atoms with van der Waals surface area (Å²) in [5, 5.41) is 5.03. The number of rotatable bonds is 19. The quantitative estimate of drug-likeness (QED) is 0.0976. The summed E-state index contributed by atoms with van der Waals surface area (Å²) in [5.41, 5.74) is 2.74. The highest BCUT2D eigenvalue weighted by atomic mass is 16.6. The van der Waals surface area contributed by atoms with E-state index < -0.39 is 0 Å². The lowest BCUT2D eigenvalue weighted by Gasteiger charge is -2.16. The number of epoxide rings is 2. The van der Waals surface area contributed by atoms with Crippen LogP contribution in [0.1, 0.15) is 77.3 Å². The van der Waals surface area contributed by atoms with Crippen molar-refractivity contribution in [1.29, 1.82) is 0 Å². The topological polar surface area (TPSA) is 43.5 Å². The maximum atomic E-state index is 6.20. The predicted molar refractivity (Wildman–Crippen MR) is 190 cm³/mol. The zero-order valence-electron chi connectivity index (χ0n) is 28.5. The second kappa shape index (κ2) is 15.7. The number of fused-ring (bicyclic) bond motifs is 2. The Bertz CT molecular complexity index is 1440. The Morgan fingerprint density at radius 3 is 1.30 bits per heavy atom. The molecule has 2 aliphatic heterocycles. The highest BCUT2D eigenvalue weighted by Crippen LogP contribution is 2.28. The Morgan fingerprint density at radius 1 is 0.522 bits per heavy atom.